The van der Waals surface area contributed by atoms with E-state index in [0.717, 1.165) is 30.5 Å². The number of ether oxygens (including phenoxy) is 2. The Kier molecular flexibility index (Phi) is 8.38. The first-order valence-corrected chi connectivity index (χ1v) is 10.8. The Morgan fingerprint density at radius 1 is 1.28 bits per heavy atom. The van der Waals surface area contributed by atoms with Crippen molar-refractivity contribution in [3.05, 3.63) is 46.7 Å². The van der Waals surface area contributed by atoms with Gasteiger partial charge in [0.1, 0.15) is 12.0 Å². The number of unbranched alkanes of at least 4 members (excludes halogenated alkanes) is 2. The fourth-order valence-electron chi connectivity index (χ4n) is 3.49. The molecular weight excluding hydrogens is 437 g/mol. The molecule has 0 fully saturated rings. The van der Waals surface area contributed by atoms with Crippen LogP contribution in [0.2, 0.25) is 5.02 Å². The summed E-state index contributed by atoms with van der Waals surface area (Å²) in [5, 5.41) is 10.7. The molecule has 0 saturated carbocycles. The van der Waals surface area contributed by atoms with Crippen LogP contribution >= 0.6 is 11.6 Å². The smallest absolute Gasteiger partial charge is 0.219 e. The van der Waals surface area contributed by atoms with Crippen molar-refractivity contribution in [3.8, 4) is 11.5 Å². The second kappa shape index (κ2) is 11.2. The first-order valence-electron chi connectivity index (χ1n) is 10.5. The first-order chi connectivity index (χ1) is 15.4. The lowest BCUT2D eigenvalue weighted by molar-refractivity contribution is -0.120. The van der Waals surface area contributed by atoms with Crippen LogP contribution in [0.15, 0.2) is 30.3 Å². The number of nitrogens with two attached hydrogens (primary N) is 1. The van der Waals surface area contributed by atoms with Gasteiger partial charge in [0, 0.05) is 30.8 Å². The van der Waals surface area contributed by atoms with Crippen molar-refractivity contribution in [1.82, 2.24) is 10.6 Å². The van der Waals surface area contributed by atoms with Crippen molar-refractivity contribution < 1.29 is 18.7 Å². The second-order valence-corrected chi connectivity index (χ2v) is 7.80. The summed E-state index contributed by atoms with van der Waals surface area (Å²) in [6, 6.07) is 8.09. The highest BCUT2D eigenvalue weighted by molar-refractivity contribution is 6.31. The van der Waals surface area contributed by atoms with Crippen molar-refractivity contribution in [3.63, 3.8) is 0 Å². The molecule has 8 nitrogen and oxygen atoms in total. The molecular formula is C22H29ClFN5O3. The zero-order chi connectivity index (χ0) is 23.1. The summed E-state index contributed by atoms with van der Waals surface area (Å²) >= 11 is 5.92. The molecule has 0 radical (unpaired) electrons. The van der Waals surface area contributed by atoms with Crippen LogP contribution in [-0.4, -0.2) is 33.3 Å². The second-order valence-electron chi connectivity index (χ2n) is 7.39. The quantitative estimate of drug-likeness (QED) is 0.242. The lowest BCUT2D eigenvalue weighted by Crippen LogP contribution is -2.47. The summed E-state index contributed by atoms with van der Waals surface area (Å²) in [6.45, 7) is 0.993. The molecule has 32 heavy (non-hydrogen) atoms. The van der Waals surface area contributed by atoms with Crippen LogP contribution in [0.4, 0.5) is 15.8 Å². The van der Waals surface area contributed by atoms with Gasteiger partial charge in [-0.15, -0.1) is 0 Å². The van der Waals surface area contributed by atoms with E-state index >= 15 is 0 Å². The number of anilines is 2. The molecule has 0 spiro atoms. The van der Waals surface area contributed by atoms with E-state index in [-0.39, 0.29) is 17.1 Å². The van der Waals surface area contributed by atoms with E-state index in [4.69, 9.17) is 26.9 Å². The Balaban J connectivity index is 1.69. The summed E-state index contributed by atoms with van der Waals surface area (Å²) in [7, 11) is 3.22. The molecule has 1 atom stereocenters. The Hall–Kier alpha value is -2.75. The van der Waals surface area contributed by atoms with Crippen LogP contribution in [0.3, 0.4) is 0 Å². The van der Waals surface area contributed by atoms with Crippen molar-refractivity contribution >= 4 is 28.9 Å². The maximum absolute atomic E-state index is 13.5. The van der Waals surface area contributed by atoms with Gasteiger partial charge in [0.2, 0.25) is 5.91 Å². The summed E-state index contributed by atoms with van der Waals surface area (Å²) in [6.07, 6.45) is 2.68. The number of amides is 1. The summed E-state index contributed by atoms with van der Waals surface area (Å²) in [5.74, 6) is 7.10. The lowest BCUT2D eigenvalue weighted by atomic mass is 10.1. The topological polar surface area (TPSA) is 101 Å². The first kappa shape index (κ1) is 23.9. The van der Waals surface area contributed by atoms with Gasteiger partial charge in [0.25, 0.3) is 0 Å². The van der Waals surface area contributed by atoms with Crippen LogP contribution < -0.4 is 36.3 Å². The molecule has 1 aliphatic rings. The van der Waals surface area contributed by atoms with Crippen LogP contribution in [-0.2, 0) is 4.79 Å². The van der Waals surface area contributed by atoms with E-state index in [0.29, 0.717) is 36.9 Å². The fraction of sp³-hybridized carbons (Fsp3) is 0.409. The molecule has 3 rings (SSSR count). The number of hydrazine groups is 1. The molecule has 2 aromatic carbocycles. The minimum Gasteiger partial charge on any atom is -0.493 e. The SMILES string of the molecule is CNC(=O)CCCCCOc1cc2c(cc1OC)C(N(N)c1ccc(F)c(Cl)c1)NCN2. The third-order valence-corrected chi connectivity index (χ3v) is 5.56. The Labute approximate surface area is 192 Å². The third kappa shape index (κ3) is 5.73. The van der Waals surface area contributed by atoms with Gasteiger partial charge < -0.3 is 20.1 Å². The highest BCUT2D eigenvalue weighted by Gasteiger charge is 2.27. The molecule has 1 amide bonds. The van der Waals surface area contributed by atoms with Gasteiger partial charge in [-0.1, -0.05) is 11.6 Å². The van der Waals surface area contributed by atoms with Crippen molar-refractivity contribution in [2.24, 2.45) is 5.84 Å². The molecule has 0 aromatic heterocycles. The molecule has 2 aromatic rings. The van der Waals surface area contributed by atoms with Gasteiger partial charge in [-0.2, -0.15) is 0 Å². The average molecular weight is 466 g/mol. The monoisotopic (exact) mass is 465 g/mol. The molecule has 10 heteroatoms. The normalized spacial score (nSPS) is 14.8. The molecule has 0 bridgehead atoms. The summed E-state index contributed by atoms with van der Waals surface area (Å²) in [5.41, 5.74) is 2.28. The largest absolute Gasteiger partial charge is 0.493 e. The molecule has 1 heterocycles. The summed E-state index contributed by atoms with van der Waals surface area (Å²) in [4.78, 5) is 11.3. The standard InChI is InChI=1S/C22H29ClFN5O3/c1-26-21(30)6-4-3-5-9-32-20-12-18-15(11-19(20)31-2)22(28-13-27-18)29(25)14-7-8-17(24)16(23)10-14/h7-8,10-12,22,27-28H,3-6,9,13,25H2,1-2H3,(H,26,30). The Morgan fingerprint density at radius 3 is 2.81 bits per heavy atom. The number of hydrogen-bond donors (Lipinski definition) is 4. The lowest BCUT2D eigenvalue weighted by Gasteiger charge is -2.36. The molecule has 0 aliphatic carbocycles. The zero-order valence-electron chi connectivity index (χ0n) is 18.2. The molecule has 5 N–H and O–H groups in total. The van der Waals surface area contributed by atoms with E-state index in [1.807, 2.05) is 12.1 Å². The maximum atomic E-state index is 13.5. The third-order valence-electron chi connectivity index (χ3n) is 5.27. The van der Waals surface area contributed by atoms with E-state index in [1.165, 1.54) is 17.1 Å². The summed E-state index contributed by atoms with van der Waals surface area (Å²) < 4.78 is 25.0. The van der Waals surface area contributed by atoms with Crippen molar-refractivity contribution in [1.29, 1.82) is 0 Å². The number of rotatable bonds is 10. The number of benzene rings is 2. The molecule has 174 valence electrons. The number of carbonyl (C=O) groups is 1. The predicted molar refractivity (Wildman–Crippen MR) is 123 cm³/mol. The van der Waals surface area contributed by atoms with Gasteiger partial charge in [-0.3, -0.25) is 15.1 Å². The number of halogens is 2. The number of carbonyl (C=O) groups excluding carboxylic acids is 1. The van der Waals surface area contributed by atoms with Gasteiger partial charge in [0.15, 0.2) is 11.5 Å². The van der Waals surface area contributed by atoms with Crippen molar-refractivity contribution in [2.45, 2.75) is 31.8 Å². The molecule has 1 aliphatic heterocycles. The molecule has 0 saturated heterocycles. The van der Waals surface area contributed by atoms with Crippen LogP contribution in [0, 0.1) is 5.82 Å². The van der Waals surface area contributed by atoms with E-state index in [9.17, 15) is 9.18 Å². The van der Waals surface area contributed by atoms with Gasteiger partial charge in [-0.25, -0.2) is 10.2 Å². The molecule has 1 unspecified atom stereocenters. The minimum absolute atomic E-state index is 0.00348. The number of fused-ring (bicyclic) bond motifs is 1. The Bertz CT molecular complexity index is 946. The van der Waals surface area contributed by atoms with Gasteiger partial charge >= 0.3 is 0 Å². The highest BCUT2D eigenvalue weighted by atomic mass is 35.5. The van der Waals surface area contributed by atoms with E-state index in [2.05, 4.69) is 16.0 Å². The maximum Gasteiger partial charge on any atom is 0.219 e. The minimum atomic E-state index is -0.500. The van der Waals surface area contributed by atoms with Gasteiger partial charge in [0.05, 0.1) is 31.1 Å². The predicted octanol–water partition coefficient (Wildman–Crippen LogP) is 3.52. The zero-order valence-corrected chi connectivity index (χ0v) is 19.0. The van der Waals surface area contributed by atoms with Crippen LogP contribution in [0.25, 0.3) is 0 Å². The highest BCUT2D eigenvalue weighted by Crippen LogP contribution is 2.39. The van der Waals surface area contributed by atoms with E-state index in [1.54, 1.807) is 20.2 Å². The fourth-order valence-corrected chi connectivity index (χ4v) is 3.67. The van der Waals surface area contributed by atoms with E-state index < -0.39 is 5.82 Å². The average Bonchev–Trinajstić information content (AvgIpc) is 2.81. The van der Waals surface area contributed by atoms with Crippen LogP contribution in [0.1, 0.15) is 37.4 Å². The number of nitrogens with zero attached hydrogens (tertiary/aromatic N) is 1. The van der Waals surface area contributed by atoms with Crippen molar-refractivity contribution in [2.75, 3.05) is 37.8 Å². The Morgan fingerprint density at radius 2 is 2.09 bits per heavy atom. The number of methoxy groups -OCH3 is 1. The van der Waals surface area contributed by atoms with Crippen LogP contribution in [0.5, 0.6) is 11.5 Å². The van der Waals surface area contributed by atoms with Gasteiger partial charge in [-0.05, 0) is 43.5 Å². The number of nitrogens with one attached hydrogen (secondary N) is 3. The number of hydrogen-bond acceptors (Lipinski definition) is 7.